The molecule has 4 N–H and O–H groups in total. The van der Waals surface area contributed by atoms with Gasteiger partial charge in [-0.2, -0.15) is 0 Å². The Morgan fingerprint density at radius 3 is 1.31 bits per heavy atom. The zero-order chi connectivity index (χ0) is 30.2. The predicted molar refractivity (Wildman–Crippen MR) is 170 cm³/mol. The van der Waals surface area contributed by atoms with Gasteiger partial charge in [0.2, 0.25) is 0 Å². The summed E-state index contributed by atoms with van der Waals surface area (Å²) in [7, 11) is -1.73. The van der Waals surface area contributed by atoms with Gasteiger partial charge in [0.25, 0.3) is 0 Å². The molecule has 0 saturated heterocycles. The first-order valence-electron chi connectivity index (χ1n) is 14.5. The van der Waals surface area contributed by atoms with E-state index in [4.69, 9.17) is 14.7 Å². The van der Waals surface area contributed by atoms with Crippen molar-refractivity contribution in [1.29, 1.82) is 0 Å². The van der Waals surface area contributed by atoms with Crippen LogP contribution in [0.3, 0.4) is 0 Å². The number of nitrogens with one attached hydrogen (secondary N) is 2. The third-order valence-corrected chi connectivity index (χ3v) is 6.94. The zero-order valence-electron chi connectivity index (χ0n) is 25.1. The predicted octanol–water partition coefficient (Wildman–Crippen LogP) is 6.35. The Morgan fingerprint density at radius 1 is 0.667 bits per heavy atom. The highest BCUT2D eigenvalue weighted by Gasteiger charge is 2.35. The summed E-state index contributed by atoms with van der Waals surface area (Å²) in [6, 6.07) is 31.4. The molecule has 2 aromatic heterocycles. The Bertz CT molecular complexity index is 1270. The number of H-pyrrole nitrogens is 2. The van der Waals surface area contributed by atoms with Crippen LogP contribution in [0.15, 0.2) is 103 Å². The Kier molecular flexibility index (Phi) is 13.2. The molecule has 8 heteroatoms. The topological polar surface area (TPSA) is 107 Å². The molecule has 5 rings (SSSR count). The Hall–Kier alpha value is -3.98. The summed E-state index contributed by atoms with van der Waals surface area (Å²) < 4.78 is 4.96. The van der Waals surface area contributed by atoms with Gasteiger partial charge in [-0.3, -0.25) is 0 Å². The molecule has 0 fully saturated rings. The van der Waals surface area contributed by atoms with Crippen molar-refractivity contribution in [2.75, 3.05) is 6.61 Å². The van der Waals surface area contributed by atoms with Crippen LogP contribution in [0.1, 0.15) is 66.4 Å². The van der Waals surface area contributed by atoms with E-state index >= 15 is 0 Å². The highest BCUT2D eigenvalue weighted by atomic mass is 16.6. The lowest BCUT2D eigenvalue weighted by atomic mass is 9.67. The van der Waals surface area contributed by atoms with Crippen molar-refractivity contribution in [2.24, 2.45) is 0 Å². The van der Waals surface area contributed by atoms with E-state index in [2.05, 4.69) is 107 Å². The number of nitrogens with zero attached hydrogens (tertiary/aromatic N) is 2. The van der Waals surface area contributed by atoms with Gasteiger partial charge in [-0.25, -0.2) is 9.97 Å². The van der Waals surface area contributed by atoms with Gasteiger partial charge in [-0.15, -0.1) is 0 Å². The second-order valence-electron chi connectivity index (χ2n) is 10.0. The minimum Gasteiger partial charge on any atom is -0.402 e. The number of imidazole rings is 2. The lowest BCUT2D eigenvalue weighted by Gasteiger charge is -2.36. The van der Waals surface area contributed by atoms with Crippen molar-refractivity contribution in [2.45, 2.75) is 58.8 Å². The zero-order valence-corrected chi connectivity index (χ0v) is 25.1. The Morgan fingerprint density at radius 2 is 1.05 bits per heavy atom. The number of hydrogen-bond donors (Lipinski definition) is 4. The monoisotopic (exact) mass is 566 g/mol. The normalized spacial score (nSPS) is 10.7. The standard InChI is InChI=1S/C22H23BO3.2C6H10N2/c24-23(25)26-18-10-17-22(19-11-4-1-5-12-19,20-13-6-2-7-14-20)21-15-8-3-9-16-21;2*1-3-6-7-4-5(2)8-6/h1-9,11-16,24-25H,10,17-18H2;2*4H,3H2,1-2H3,(H,7,8). The molecule has 2 heterocycles. The van der Waals surface area contributed by atoms with Crippen LogP contribution in [0.2, 0.25) is 0 Å². The van der Waals surface area contributed by atoms with Crippen molar-refractivity contribution < 1.29 is 14.7 Å². The van der Waals surface area contributed by atoms with Crippen molar-refractivity contribution >= 4 is 7.32 Å². The fourth-order valence-corrected chi connectivity index (χ4v) is 4.92. The lowest BCUT2D eigenvalue weighted by Crippen LogP contribution is -2.30. The molecule has 0 unspecified atom stereocenters. The summed E-state index contributed by atoms with van der Waals surface area (Å²) in [5, 5.41) is 17.9. The van der Waals surface area contributed by atoms with Crippen molar-refractivity contribution in [1.82, 2.24) is 19.9 Å². The first kappa shape index (κ1) is 32.5. The van der Waals surface area contributed by atoms with E-state index in [1.165, 1.54) is 16.7 Å². The van der Waals surface area contributed by atoms with Gasteiger partial charge in [-0.05, 0) is 43.4 Å². The number of hydrogen-bond acceptors (Lipinski definition) is 5. The molecule has 0 aliphatic heterocycles. The molecule has 7 nitrogen and oxygen atoms in total. The van der Waals surface area contributed by atoms with Crippen molar-refractivity contribution in [3.05, 3.63) is 143 Å². The SMILES string of the molecule is CCc1ncc(C)[nH]1.CCc1ncc(C)[nH]1.OB(O)OCCCC(c1ccccc1)(c1ccccc1)c1ccccc1. The van der Waals surface area contributed by atoms with Gasteiger partial charge in [0.05, 0.1) is 0 Å². The smallest absolute Gasteiger partial charge is 0.402 e. The molecule has 0 bridgehead atoms. The summed E-state index contributed by atoms with van der Waals surface area (Å²) in [6.07, 6.45) is 7.16. The molecular formula is C34H43BN4O3. The van der Waals surface area contributed by atoms with Gasteiger partial charge in [0.1, 0.15) is 11.6 Å². The van der Waals surface area contributed by atoms with Crippen molar-refractivity contribution in [3.8, 4) is 0 Å². The average Bonchev–Trinajstić information content (AvgIpc) is 3.66. The summed E-state index contributed by atoms with van der Waals surface area (Å²) in [5.41, 5.74) is 5.59. The molecule has 0 spiro atoms. The van der Waals surface area contributed by atoms with Crippen LogP contribution in [0.4, 0.5) is 0 Å². The van der Waals surface area contributed by atoms with Gasteiger partial charge in [0, 0.05) is 48.6 Å². The molecule has 5 aromatic rings. The second kappa shape index (κ2) is 17.1. The number of aromatic amines is 2. The maximum absolute atomic E-state index is 8.97. The highest BCUT2D eigenvalue weighted by Crippen LogP contribution is 2.42. The number of benzene rings is 3. The van der Waals surface area contributed by atoms with Crippen LogP contribution in [0, 0.1) is 13.8 Å². The largest absolute Gasteiger partial charge is 0.633 e. The quantitative estimate of drug-likeness (QED) is 0.0896. The molecule has 220 valence electrons. The van der Waals surface area contributed by atoms with Crippen LogP contribution in [0.25, 0.3) is 0 Å². The van der Waals surface area contributed by atoms with Gasteiger partial charge in [0.15, 0.2) is 0 Å². The van der Waals surface area contributed by atoms with Crippen LogP contribution in [-0.4, -0.2) is 43.9 Å². The van der Waals surface area contributed by atoms with Gasteiger partial charge >= 0.3 is 7.32 Å². The first-order valence-corrected chi connectivity index (χ1v) is 14.5. The van der Waals surface area contributed by atoms with E-state index in [1.54, 1.807) is 0 Å². The molecule has 0 aliphatic carbocycles. The second-order valence-corrected chi connectivity index (χ2v) is 10.0. The van der Waals surface area contributed by atoms with E-state index in [9.17, 15) is 0 Å². The van der Waals surface area contributed by atoms with Crippen LogP contribution in [-0.2, 0) is 22.9 Å². The van der Waals surface area contributed by atoms with E-state index in [-0.39, 0.29) is 12.0 Å². The minimum absolute atomic E-state index is 0.284. The molecular weight excluding hydrogens is 523 g/mol. The molecule has 42 heavy (non-hydrogen) atoms. The lowest BCUT2D eigenvalue weighted by molar-refractivity contribution is 0.179. The maximum Gasteiger partial charge on any atom is 0.633 e. The molecule has 0 amide bonds. The Labute approximate surface area is 250 Å². The van der Waals surface area contributed by atoms with Crippen LogP contribution >= 0.6 is 0 Å². The number of aromatic nitrogens is 4. The number of rotatable bonds is 10. The average molecular weight is 567 g/mol. The summed E-state index contributed by atoms with van der Waals surface area (Å²) in [6.45, 7) is 8.46. The van der Waals surface area contributed by atoms with E-state index < -0.39 is 7.32 Å². The van der Waals surface area contributed by atoms with E-state index in [0.717, 1.165) is 42.3 Å². The molecule has 0 saturated carbocycles. The van der Waals surface area contributed by atoms with E-state index in [0.29, 0.717) is 6.42 Å². The molecule has 0 atom stereocenters. The molecule has 0 aliphatic rings. The highest BCUT2D eigenvalue weighted by molar-refractivity contribution is 6.32. The molecule has 3 aromatic carbocycles. The summed E-state index contributed by atoms with van der Waals surface area (Å²) in [4.78, 5) is 14.4. The van der Waals surface area contributed by atoms with Crippen molar-refractivity contribution in [3.63, 3.8) is 0 Å². The third-order valence-electron chi connectivity index (χ3n) is 6.94. The summed E-state index contributed by atoms with van der Waals surface area (Å²) >= 11 is 0. The Balaban J connectivity index is 0.000000244. The van der Waals surface area contributed by atoms with Gasteiger partial charge in [-0.1, -0.05) is 105 Å². The van der Waals surface area contributed by atoms with E-state index in [1.807, 2.05) is 44.4 Å². The molecule has 0 radical (unpaired) electrons. The van der Waals surface area contributed by atoms with Crippen LogP contribution < -0.4 is 0 Å². The minimum atomic E-state index is -1.73. The maximum atomic E-state index is 8.97. The fraction of sp³-hybridized carbons (Fsp3) is 0.294. The third kappa shape index (κ3) is 9.55. The van der Waals surface area contributed by atoms with Gasteiger partial charge < -0.3 is 24.7 Å². The van der Waals surface area contributed by atoms with Crippen LogP contribution in [0.5, 0.6) is 0 Å². The summed E-state index contributed by atoms with van der Waals surface area (Å²) in [5.74, 6) is 2.14. The number of aryl methyl sites for hydroxylation is 4. The fourth-order valence-electron chi connectivity index (χ4n) is 4.92. The first-order chi connectivity index (χ1) is 20.4.